The minimum atomic E-state index is -4.21. The normalized spacial score (nSPS) is 23.8. The van der Waals surface area contributed by atoms with Crippen molar-refractivity contribution < 1.29 is 47.6 Å². The van der Waals surface area contributed by atoms with Crippen LogP contribution in [0.15, 0.2) is 54.9 Å². The van der Waals surface area contributed by atoms with Gasteiger partial charge < -0.3 is 28.9 Å². The van der Waals surface area contributed by atoms with E-state index in [0.29, 0.717) is 5.56 Å². The van der Waals surface area contributed by atoms with Crippen molar-refractivity contribution in [2.75, 3.05) is 13.2 Å². The fourth-order valence-electron chi connectivity index (χ4n) is 3.26. The van der Waals surface area contributed by atoms with Crippen molar-refractivity contribution in [3.8, 4) is 5.75 Å². The van der Waals surface area contributed by atoms with E-state index in [1.165, 1.54) is 19.3 Å². The zero-order valence-electron chi connectivity index (χ0n) is 20.6. The molecule has 1 aromatic heterocycles. The highest BCUT2D eigenvalue weighted by Crippen LogP contribution is 2.45. The number of rotatable bonds is 13. The van der Waals surface area contributed by atoms with Crippen molar-refractivity contribution in [1.82, 2.24) is 10.1 Å². The molecular weight excluding hydrogens is 507 g/mol. The minimum Gasteiger partial charge on any atom is -0.462 e. The van der Waals surface area contributed by atoms with E-state index in [0.717, 1.165) is 0 Å². The Balaban J connectivity index is 1.63. The molecule has 37 heavy (non-hydrogen) atoms. The molecule has 6 atom stereocenters. The predicted octanol–water partition coefficient (Wildman–Crippen LogP) is 1.86. The van der Waals surface area contributed by atoms with Gasteiger partial charge in [-0.15, -0.1) is 0 Å². The second-order valence-corrected chi connectivity index (χ2v) is 10.2. The van der Waals surface area contributed by atoms with E-state index in [2.05, 4.69) is 10.1 Å². The molecule has 202 valence electrons. The molecule has 0 bridgehead atoms. The zero-order valence-corrected chi connectivity index (χ0v) is 21.5. The quantitative estimate of drug-likeness (QED) is 0.193. The number of ketones is 1. The number of Topliss-reactive ketones (excluding diaryl/α,β-unsaturated/α-hetero) is 1. The number of hydrogen-bond donors (Lipinski definition) is 3. The molecule has 0 aliphatic carbocycles. The molecule has 0 amide bonds. The second-order valence-electron chi connectivity index (χ2n) is 8.53. The molecule has 2 unspecified atom stereocenters. The number of aromatic nitrogens is 1. The standard InChI is InChI=1S/C24H31N2O10P/c1-15(2)34-23(30)16(3)26-37(31,36-18-9-5-4-6-10-18)33-14-20-21(28)22(29)24(35-20)32-13-19(27)17-8-7-11-25-12-17/h4-12,15-16,20-22,24,28-29H,13-14H2,1-3H3,(H,26,31)/t16-,20+,21+,22+,24?,37?/m0/s1. The number of ether oxygens (including phenoxy) is 3. The molecule has 0 spiro atoms. The van der Waals surface area contributed by atoms with Crippen LogP contribution in [0.25, 0.3) is 0 Å². The molecule has 12 nitrogen and oxygen atoms in total. The Labute approximate surface area is 214 Å². The molecule has 1 aliphatic heterocycles. The molecule has 3 N–H and O–H groups in total. The molecule has 13 heteroatoms. The van der Waals surface area contributed by atoms with Gasteiger partial charge in [-0.05, 0) is 45.0 Å². The summed E-state index contributed by atoms with van der Waals surface area (Å²) in [6.45, 7) is 3.85. The number of nitrogens with one attached hydrogen (secondary N) is 1. The van der Waals surface area contributed by atoms with Gasteiger partial charge in [-0.25, -0.2) is 4.57 Å². The van der Waals surface area contributed by atoms with Crippen LogP contribution in [0, 0.1) is 0 Å². The van der Waals surface area contributed by atoms with E-state index >= 15 is 0 Å². The van der Waals surface area contributed by atoms with Crippen molar-refractivity contribution >= 4 is 19.5 Å². The Morgan fingerprint density at radius 2 is 1.84 bits per heavy atom. The molecule has 1 saturated heterocycles. The molecule has 0 radical (unpaired) electrons. The predicted molar refractivity (Wildman–Crippen MR) is 130 cm³/mol. The third kappa shape index (κ3) is 8.41. The van der Waals surface area contributed by atoms with Gasteiger partial charge in [0.1, 0.15) is 36.7 Å². The summed E-state index contributed by atoms with van der Waals surface area (Å²) < 4.78 is 40.6. The van der Waals surface area contributed by atoms with Crippen LogP contribution in [-0.4, -0.2) is 76.9 Å². The van der Waals surface area contributed by atoms with Crippen LogP contribution in [-0.2, 0) is 28.1 Å². The number of carbonyl (C=O) groups excluding carboxylic acids is 2. The van der Waals surface area contributed by atoms with Gasteiger partial charge in [-0.3, -0.25) is 19.1 Å². The fourth-order valence-corrected chi connectivity index (χ4v) is 4.77. The van der Waals surface area contributed by atoms with Crippen LogP contribution in [0.5, 0.6) is 5.75 Å². The van der Waals surface area contributed by atoms with Gasteiger partial charge >= 0.3 is 13.7 Å². The first kappa shape index (κ1) is 28.9. The highest BCUT2D eigenvalue weighted by molar-refractivity contribution is 7.52. The Bertz CT molecular complexity index is 1070. The van der Waals surface area contributed by atoms with Gasteiger partial charge in [0.05, 0.1) is 12.7 Å². The Kier molecular flexibility index (Phi) is 10.3. The number of hydrogen-bond acceptors (Lipinski definition) is 11. The lowest BCUT2D eigenvalue weighted by Crippen LogP contribution is -2.38. The lowest BCUT2D eigenvalue weighted by atomic mass is 10.1. The number of esters is 1. The zero-order chi connectivity index (χ0) is 27.0. The molecule has 1 aromatic carbocycles. The van der Waals surface area contributed by atoms with Crippen LogP contribution in [0.1, 0.15) is 31.1 Å². The molecule has 1 fully saturated rings. The number of nitrogens with zero attached hydrogens (tertiary/aromatic N) is 1. The van der Waals surface area contributed by atoms with Crippen LogP contribution < -0.4 is 9.61 Å². The summed E-state index contributed by atoms with van der Waals surface area (Å²) in [6, 6.07) is 10.2. The number of pyridine rings is 1. The van der Waals surface area contributed by atoms with E-state index < -0.39 is 69.5 Å². The molecule has 2 heterocycles. The van der Waals surface area contributed by atoms with E-state index in [4.69, 9.17) is 23.3 Å². The fraction of sp³-hybridized carbons (Fsp3) is 0.458. The maximum absolute atomic E-state index is 13.5. The molecular formula is C24H31N2O10P. The maximum atomic E-state index is 13.5. The highest BCUT2D eigenvalue weighted by atomic mass is 31.2. The van der Waals surface area contributed by atoms with E-state index in [1.54, 1.807) is 56.3 Å². The van der Waals surface area contributed by atoms with Gasteiger partial charge in [0, 0.05) is 18.0 Å². The van der Waals surface area contributed by atoms with Crippen molar-refractivity contribution in [3.63, 3.8) is 0 Å². The first-order valence-electron chi connectivity index (χ1n) is 11.6. The van der Waals surface area contributed by atoms with Crippen LogP contribution in [0.4, 0.5) is 0 Å². The largest absolute Gasteiger partial charge is 0.462 e. The maximum Gasteiger partial charge on any atom is 0.459 e. The van der Waals surface area contributed by atoms with E-state index in [1.807, 2.05) is 0 Å². The Morgan fingerprint density at radius 1 is 1.11 bits per heavy atom. The summed E-state index contributed by atoms with van der Waals surface area (Å²) in [4.78, 5) is 28.3. The number of benzene rings is 1. The average molecular weight is 538 g/mol. The van der Waals surface area contributed by atoms with E-state index in [-0.39, 0.29) is 5.75 Å². The second kappa shape index (κ2) is 13.2. The van der Waals surface area contributed by atoms with Crippen LogP contribution in [0.3, 0.4) is 0 Å². The molecule has 3 rings (SSSR count). The first-order chi connectivity index (χ1) is 17.6. The van der Waals surface area contributed by atoms with Crippen molar-refractivity contribution in [2.24, 2.45) is 0 Å². The smallest absolute Gasteiger partial charge is 0.459 e. The summed E-state index contributed by atoms with van der Waals surface area (Å²) in [7, 11) is -4.21. The topological polar surface area (TPSA) is 163 Å². The summed E-state index contributed by atoms with van der Waals surface area (Å²) in [6.07, 6.45) is -3.00. The van der Waals surface area contributed by atoms with Gasteiger partial charge in [0.2, 0.25) is 0 Å². The van der Waals surface area contributed by atoms with Gasteiger partial charge in [0.25, 0.3) is 0 Å². The molecule has 0 saturated carbocycles. The first-order valence-corrected chi connectivity index (χ1v) is 13.2. The van der Waals surface area contributed by atoms with Crippen LogP contribution >= 0.6 is 7.75 Å². The molecule has 2 aromatic rings. The van der Waals surface area contributed by atoms with Crippen molar-refractivity contribution in [3.05, 3.63) is 60.4 Å². The molecule has 1 aliphatic rings. The summed E-state index contributed by atoms with van der Waals surface area (Å²) in [5.74, 6) is -0.870. The van der Waals surface area contributed by atoms with Gasteiger partial charge in [0.15, 0.2) is 12.1 Å². The Hall–Kier alpha value is -2.70. The average Bonchev–Trinajstić information content (AvgIpc) is 3.14. The summed E-state index contributed by atoms with van der Waals surface area (Å²) in [5, 5.41) is 23.3. The summed E-state index contributed by atoms with van der Waals surface area (Å²) in [5.41, 5.74) is 0.311. The van der Waals surface area contributed by atoms with Gasteiger partial charge in [-0.2, -0.15) is 5.09 Å². The number of aliphatic hydroxyl groups is 2. The number of para-hydroxylation sites is 1. The number of carbonyl (C=O) groups is 2. The van der Waals surface area contributed by atoms with Crippen LogP contribution in [0.2, 0.25) is 0 Å². The third-order valence-corrected chi connectivity index (χ3v) is 6.76. The van der Waals surface area contributed by atoms with Crippen molar-refractivity contribution in [1.29, 1.82) is 0 Å². The van der Waals surface area contributed by atoms with Crippen molar-refractivity contribution in [2.45, 2.75) is 57.5 Å². The monoisotopic (exact) mass is 538 g/mol. The third-order valence-electron chi connectivity index (χ3n) is 5.12. The lowest BCUT2D eigenvalue weighted by molar-refractivity contribution is -0.162. The minimum absolute atomic E-state index is 0.200. The Morgan fingerprint density at radius 3 is 2.49 bits per heavy atom. The highest BCUT2D eigenvalue weighted by Gasteiger charge is 2.45. The number of aliphatic hydroxyl groups excluding tert-OH is 2. The van der Waals surface area contributed by atoms with E-state index in [9.17, 15) is 24.4 Å². The summed E-state index contributed by atoms with van der Waals surface area (Å²) >= 11 is 0. The SMILES string of the molecule is CC(C)OC(=O)[C@H](C)NP(=O)(OC[C@H]1OC(OCC(=O)c2cccnc2)[C@H](O)[C@@H]1O)Oc1ccccc1. The van der Waals surface area contributed by atoms with Gasteiger partial charge in [-0.1, -0.05) is 18.2 Å². The lowest BCUT2D eigenvalue weighted by Gasteiger charge is -2.25.